The summed E-state index contributed by atoms with van der Waals surface area (Å²) in [7, 11) is 0. The van der Waals surface area contributed by atoms with Gasteiger partial charge in [0, 0.05) is 34.4 Å². The maximum absolute atomic E-state index is 12.7. The van der Waals surface area contributed by atoms with Crippen molar-refractivity contribution in [2.75, 3.05) is 17.2 Å². The van der Waals surface area contributed by atoms with Crippen LogP contribution in [0.3, 0.4) is 0 Å². The lowest BCUT2D eigenvalue weighted by molar-refractivity contribution is -0.114. The predicted octanol–water partition coefficient (Wildman–Crippen LogP) is 5.53. The molecule has 0 radical (unpaired) electrons. The number of amides is 2. The second kappa shape index (κ2) is 10.5. The van der Waals surface area contributed by atoms with E-state index in [2.05, 4.69) is 10.6 Å². The van der Waals surface area contributed by atoms with Crippen LogP contribution in [0.5, 0.6) is 11.5 Å². The zero-order chi connectivity index (χ0) is 22.2. The Morgan fingerprint density at radius 1 is 0.871 bits per heavy atom. The number of carbonyl (C=O) groups is 2. The van der Waals surface area contributed by atoms with Crippen LogP contribution in [0.4, 0.5) is 11.4 Å². The van der Waals surface area contributed by atoms with Crippen LogP contribution in [0.25, 0.3) is 0 Å². The summed E-state index contributed by atoms with van der Waals surface area (Å²) >= 11 is 5.91. The molecule has 0 saturated heterocycles. The molecule has 0 saturated carbocycles. The topological polar surface area (TPSA) is 76.7 Å². The Kier molecular flexibility index (Phi) is 7.51. The first kappa shape index (κ1) is 22.2. The van der Waals surface area contributed by atoms with Crippen LogP contribution in [0.2, 0.25) is 5.02 Å². The number of rotatable bonds is 8. The van der Waals surface area contributed by atoms with Crippen LogP contribution in [0.15, 0.2) is 66.7 Å². The number of hydrogen-bond donors (Lipinski definition) is 2. The Bertz CT molecular complexity index is 1050. The minimum atomic E-state index is -0.261. The molecule has 0 aliphatic heterocycles. The standard InChI is InChI=1S/C24H23ClN2O4/c1-3-30-23-13-4-17(14-18(23)15-31-22-11-5-19(25)6-12-22)24(29)27-21-9-7-20(8-10-21)26-16(2)28/h4-14H,3,15H2,1-2H3,(H,26,28)(H,27,29). The van der Waals surface area contributed by atoms with Gasteiger partial charge in [-0.25, -0.2) is 0 Å². The minimum Gasteiger partial charge on any atom is -0.493 e. The smallest absolute Gasteiger partial charge is 0.255 e. The highest BCUT2D eigenvalue weighted by Gasteiger charge is 2.12. The number of halogens is 1. The Labute approximate surface area is 186 Å². The molecule has 2 amide bonds. The Morgan fingerprint density at radius 2 is 1.52 bits per heavy atom. The van der Waals surface area contributed by atoms with Gasteiger partial charge in [0.2, 0.25) is 5.91 Å². The van der Waals surface area contributed by atoms with Gasteiger partial charge in [-0.1, -0.05) is 11.6 Å². The Balaban J connectivity index is 1.72. The van der Waals surface area contributed by atoms with Gasteiger partial charge in [-0.3, -0.25) is 9.59 Å². The van der Waals surface area contributed by atoms with Gasteiger partial charge in [0.1, 0.15) is 18.1 Å². The zero-order valence-electron chi connectivity index (χ0n) is 17.3. The molecule has 0 heterocycles. The van der Waals surface area contributed by atoms with Gasteiger partial charge < -0.3 is 20.1 Å². The van der Waals surface area contributed by atoms with E-state index in [1.165, 1.54) is 6.92 Å². The molecule has 0 bridgehead atoms. The third-order valence-corrected chi connectivity index (χ3v) is 4.55. The molecular weight excluding hydrogens is 416 g/mol. The van der Waals surface area contributed by atoms with E-state index in [-0.39, 0.29) is 18.4 Å². The van der Waals surface area contributed by atoms with Crippen molar-refractivity contribution in [3.63, 3.8) is 0 Å². The first-order valence-corrected chi connectivity index (χ1v) is 10.2. The maximum Gasteiger partial charge on any atom is 0.255 e. The second-order valence-electron chi connectivity index (χ2n) is 6.71. The lowest BCUT2D eigenvalue weighted by atomic mass is 10.1. The van der Waals surface area contributed by atoms with E-state index in [9.17, 15) is 9.59 Å². The number of anilines is 2. The Hall–Kier alpha value is -3.51. The van der Waals surface area contributed by atoms with Gasteiger partial charge in [0.05, 0.1) is 6.61 Å². The molecule has 2 N–H and O–H groups in total. The normalized spacial score (nSPS) is 10.3. The van der Waals surface area contributed by atoms with E-state index in [4.69, 9.17) is 21.1 Å². The fourth-order valence-electron chi connectivity index (χ4n) is 2.87. The summed E-state index contributed by atoms with van der Waals surface area (Å²) in [5.41, 5.74) is 2.51. The molecule has 3 aromatic carbocycles. The molecule has 7 heteroatoms. The van der Waals surface area contributed by atoms with E-state index >= 15 is 0 Å². The van der Waals surface area contributed by atoms with Gasteiger partial charge >= 0.3 is 0 Å². The van der Waals surface area contributed by atoms with E-state index in [1.54, 1.807) is 66.7 Å². The largest absolute Gasteiger partial charge is 0.493 e. The quantitative estimate of drug-likeness (QED) is 0.485. The monoisotopic (exact) mass is 438 g/mol. The minimum absolute atomic E-state index is 0.153. The molecule has 0 spiro atoms. The van der Waals surface area contributed by atoms with Gasteiger partial charge in [-0.2, -0.15) is 0 Å². The van der Waals surface area contributed by atoms with Crippen molar-refractivity contribution in [3.05, 3.63) is 82.9 Å². The second-order valence-corrected chi connectivity index (χ2v) is 7.15. The van der Waals surface area contributed by atoms with Crippen molar-refractivity contribution < 1.29 is 19.1 Å². The molecule has 0 aromatic heterocycles. The summed E-state index contributed by atoms with van der Waals surface area (Å²) in [4.78, 5) is 23.9. The third kappa shape index (κ3) is 6.49. The zero-order valence-corrected chi connectivity index (χ0v) is 18.0. The van der Waals surface area contributed by atoms with Crippen LogP contribution in [0, 0.1) is 0 Å². The van der Waals surface area contributed by atoms with Crippen molar-refractivity contribution in [2.45, 2.75) is 20.5 Å². The Morgan fingerprint density at radius 3 is 2.13 bits per heavy atom. The highest BCUT2D eigenvalue weighted by Crippen LogP contribution is 2.24. The van der Waals surface area contributed by atoms with Crippen molar-refractivity contribution in [1.82, 2.24) is 0 Å². The lowest BCUT2D eigenvalue weighted by Crippen LogP contribution is -2.13. The molecule has 31 heavy (non-hydrogen) atoms. The number of hydrogen-bond acceptors (Lipinski definition) is 4. The van der Waals surface area contributed by atoms with Crippen LogP contribution >= 0.6 is 11.6 Å². The summed E-state index contributed by atoms with van der Waals surface area (Å²) in [5, 5.41) is 6.17. The summed E-state index contributed by atoms with van der Waals surface area (Å²) in [6.07, 6.45) is 0. The van der Waals surface area contributed by atoms with Crippen molar-refractivity contribution >= 4 is 34.8 Å². The van der Waals surface area contributed by atoms with Crippen LogP contribution < -0.4 is 20.1 Å². The predicted molar refractivity (Wildman–Crippen MR) is 122 cm³/mol. The van der Waals surface area contributed by atoms with Gasteiger partial charge in [-0.15, -0.1) is 0 Å². The highest BCUT2D eigenvalue weighted by atomic mass is 35.5. The van der Waals surface area contributed by atoms with E-state index in [0.717, 1.165) is 5.56 Å². The molecule has 6 nitrogen and oxygen atoms in total. The molecular formula is C24H23ClN2O4. The molecule has 3 rings (SSSR count). The fourth-order valence-corrected chi connectivity index (χ4v) is 2.99. The van der Waals surface area contributed by atoms with Crippen LogP contribution in [0.1, 0.15) is 29.8 Å². The van der Waals surface area contributed by atoms with Crippen molar-refractivity contribution in [2.24, 2.45) is 0 Å². The fraction of sp³-hybridized carbons (Fsp3) is 0.167. The first-order valence-electron chi connectivity index (χ1n) is 9.77. The molecule has 0 fully saturated rings. The molecule has 0 atom stereocenters. The molecule has 0 aliphatic rings. The summed E-state index contributed by atoms with van der Waals surface area (Å²) < 4.78 is 11.5. The van der Waals surface area contributed by atoms with Crippen LogP contribution in [-0.2, 0) is 11.4 Å². The van der Waals surface area contributed by atoms with E-state index in [0.29, 0.717) is 40.1 Å². The average Bonchev–Trinajstić information content (AvgIpc) is 2.75. The summed E-state index contributed by atoms with van der Waals surface area (Å²) in [6.45, 7) is 4.08. The van der Waals surface area contributed by atoms with E-state index < -0.39 is 0 Å². The number of benzene rings is 3. The summed E-state index contributed by atoms with van der Waals surface area (Å²) in [5.74, 6) is 0.913. The van der Waals surface area contributed by atoms with E-state index in [1.807, 2.05) is 6.92 Å². The van der Waals surface area contributed by atoms with Gasteiger partial charge in [-0.05, 0) is 73.7 Å². The summed E-state index contributed by atoms with van der Waals surface area (Å²) in [6, 6.07) is 19.2. The lowest BCUT2D eigenvalue weighted by Gasteiger charge is -2.14. The van der Waals surface area contributed by atoms with Crippen molar-refractivity contribution in [3.8, 4) is 11.5 Å². The SMILES string of the molecule is CCOc1ccc(C(=O)Nc2ccc(NC(C)=O)cc2)cc1COc1ccc(Cl)cc1. The third-order valence-electron chi connectivity index (χ3n) is 4.29. The molecule has 3 aromatic rings. The van der Waals surface area contributed by atoms with Crippen LogP contribution in [-0.4, -0.2) is 18.4 Å². The van der Waals surface area contributed by atoms with Gasteiger partial charge in [0.25, 0.3) is 5.91 Å². The molecule has 0 unspecified atom stereocenters. The van der Waals surface area contributed by atoms with Gasteiger partial charge in [0.15, 0.2) is 0 Å². The maximum atomic E-state index is 12.7. The number of carbonyl (C=O) groups excluding carboxylic acids is 2. The molecule has 160 valence electrons. The highest BCUT2D eigenvalue weighted by molar-refractivity contribution is 6.30. The first-order chi connectivity index (χ1) is 14.9. The number of ether oxygens (including phenoxy) is 2. The average molecular weight is 439 g/mol. The van der Waals surface area contributed by atoms with Crippen molar-refractivity contribution in [1.29, 1.82) is 0 Å². The molecule has 0 aliphatic carbocycles. The number of nitrogens with one attached hydrogen (secondary N) is 2.